The molecule has 1 saturated carbocycles. The first kappa shape index (κ1) is 23.4. The van der Waals surface area contributed by atoms with Gasteiger partial charge < -0.3 is 9.72 Å². The standard InChI is InChI=1S/C24H37N3O2.ClH/c1-4-16-29-20-8-12-24(5-2,13-9-20)26-14-10-19(11-15-26)27-22-17-18(3)6-7-21(22)25-23(27)28;/h6-7,17,19-20H,4-5,8-16H2,1-3H3,(H,25,28);1H. The normalized spacial score (nSPS) is 26.0. The predicted molar refractivity (Wildman–Crippen MR) is 126 cm³/mol. The number of aromatic amines is 1. The molecule has 168 valence electrons. The molecule has 1 N–H and O–H groups in total. The number of ether oxygens (including phenoxy) is 1. The third-order valence-corrected chi connectivity index (χ3v) is 7.45. The minimum atomic E-state index is 0. The zero-order valence-corrected chi connectivity index (χ0v) is 19.6. The van der Waals surface area contributed by atoms with E-state index in [-0.39, 0.29) is 18.1 Å². The first-order valence-electron chi connectivity index (χ1n) is 11.6. The number of imidazole rings is 1. The van der Waals surface area contributed by atoms with Gasteiger partial charge in [0, 0.05) is 31.3 Å². The number of halogens is 1. The van der Waals surface area contributed by atoms with Gasteiger partial charge >= 0.3 is 5.69 Å². The molecular formula is C24H38ClN3O2. The molecule has 1 aromatic heterocycles. The fourth-order valence-corrected chi connectivity index (χ4v) is 5.67. The Bertz CT molecular complexity index is 874. The lowest BCUT2D eigenvalue weighted by Gasteiger charge is -2.50. The average Bonchev–Trinajstić information content (AvgIpc) is 3.07. The van der Waals surface area contributed by atoms with Gasteiger partial charge in [-0.05, 0) is 76.0 Å². The molecule has 4 rings (SSSR count). The zero-order chi connectivity index (χ0) is 20.4. The van der Waals surface area contributed by atoms with Crippen LogP contribution in [0.4, 0.5) is 0 Å². The lowest BCUT2D eigenvalue weighted by Crippen LogP contribution is -2.54. The van der Waals surface area contributed by atoms with Crippen LogP contribution in [0.15, 0.2) is 23.0 Å². The number of H-pyrrole nitrogens is 1. The molecule has 0 bridgehead atoms. The van der Waals surface area contributed by atoms with Crippen LogP contribution in [-0.2, 0) is 4.74 Å². The van der Waals surface area contributed by atoms with Crippen LogP contribution in [0.2, 0.25) is 0 Å². The highest BCUT2D eigenvalue weighted by atomic mass is 35.5. The maximum absolute atomic E-state index is 12.7. The molecule has 1 saturated heterocycles. The number of benzene rings is 1. The van der Waals surface area contributed by atoms with E-state index in [9.17, 15) is 4.79 Å². The number of rotatable bonds is 6. The highest BCUT2D eigenvalue weighted by Gasteiger charge is 2.40. The van der Waals surface area contributed by atoms with E-state index < -0.39 is 0 Å². The molecular weight excluding hydrogens is 398 g/mol. The second-order valence-corrected chi connectivity index (χ2v) is 9.19. The molecule has 30 heavy (non-hydrogen) atoms. The molecule has 2 heterocycles. The van der Waals surface area contributed by atoms with Gasteiger partial charge in [-0.2, -0.15) is 0 Å². The van der Waals surface area contributed by atoms with E-state index in [0.29, 0.717) is 17.7 Å². The first-order chi connectivity index (χ1) is 14.1. The van der Waals surface area contributed by atoms with Crippen molar-refractivity contribution >= 4 is 23.4 Å². The van der Waals surface area contributed by atoms with E-state index in [2.05, 4.69) is 42.8 Å². The Morgan fingerprint density at radius 2 is 1.83 bits per heavy atom. The van der Waals surface area contributed by atoms with Crippen LogP contribution in [-0.4, -0.2) is 45.8 Å². The molecule has 2 aliphatic rings. The van der Waals surface area contributed by atoms with Crippen molar-refractivity contribution in [2.75, 3.05) is 19.7 Å². The maximum atomic E-state index is 12.7. The van der Waals surface area contributed by atoms with Crippen LogP contribution in [0.25, 0.3) is 11.0 Å². The number of piperidine rings is 1. The van der Waals surface area contributed by atoms with Crippen LogP contribution in [0.1, 0.15) is 76.8 Å². The number of nitrogens with zero attached hydrogens (tertiary/aromatic N) is 2. The van der Waals surface area contributed by atoms with Gasteiger partial charge in [-0.15, -0.1) is 12.4 Å². The molecule has 0 amide bonds. The molecule has 5 nitrogen and oxygen atoms in total. The Morgan fingerprint density at radius 1 is 1.13 bits per heavy atom. The third kappa shape index (κ3) is 4.49. The van der Waals surface area contributed by atoms with Gasteiger partial charge in [-0.25, -0.2) is 4.79 Å². The van der Waals surface area contributed by atoms with E-state index in [1.54, 1.807) is 0 Å². The van der Waals surface area contributed by atoms with Crippen molar-refractivity contribution in [3.05, 3.63) is 34.2 Å². The van der Waals surface area contributed by atoms with Crippen LogP contribution < -0.4 is 5.69 Å². The number of aryl methyl sites for hydroxylation is 1. The van der Waals surface area contributed by atoms with Gasteiger partial charge in [0.1, 0.15) is 0 Å². The van der Waals surface area contributed by atoms with Crippen LogP contribution >= 0.6 is 12.4 Å². The summed E-state index contributed by atoms with van der Waals surface area (Å²) in [5, 5.41) is 0. The first-order valence-corrected chi connectivity index (χ1v) is 11.6. The molecule has 0 unspecified atom stereocenters. The number of nitrogens with one attached hydrogen (secondary N) is 1. The number of hydrogen-bond acceptors (Lipinski definition) is 3. The minimum Gasteiger partial charge on any atom is -0.378 e. The van der Waals surface area contributed by atoms with Gasteiger partial charge in [0.05, 0.1) is 17.1 Å². The van der Waals surface area contributed by atoms with Crippen LogP contribution in [0, 0.1) is 6.92 Å². The summed E-state index contributed by atoms with van der Waals surface area (Å²) in [5.74, 6) is 0. The quantitative estimate of drug-likeness (QED) is 0.677. The van der Waals surface area contributed by atoms with E-state index >= 15 is 0 Å². The van der Waals surface area contributed by atoms with Crippen molar-refractivity contribution in [1.29, 1.82) is 0 Å². The molecule has 0 atom stereocenters. The van der Waals surface area contributed by atoms with Gasteiger partial charge in [0.25, 0.3) is 0 Å². The second kappa shape index (κ2) is 9.88. The maximum Gasteiger partial charge on any atom is 0.326 e. The van der Waals surface area contributed by atoms with Crippen LogP contribution in [0.5, 0.6) is 0 Å². The summed E-state index contributed by atoms with van der Waals surface area (Å²) in [6, 6.07) is 6.54. The summed E-state index contributed by atoms with van der Waals surface area (Å²) in [6.07, 6.45) is 9.75. The van der Waals surface area contributed by atoms with Gasteiger partial charge in [-0.1, -0.05) is 19.9 Å². The Hall–Kier alpha value is -1.30. The molecule has 6 heteroatoms. The SMILES string of the molecule is CCCOC1CCC(CC)(N2CCC(n3c(=O)[nH]c4ccc(C)cc43)CC2)CC1.Cl. The molecule has 1 aliphatic carbocycles. The Morgan fingerprint density at radius 3 is 2.47 bits per heavy atom. The van der Waals surface area contributed by atoms with Gasteiger partial charge in [0.15, 0.2) is 0 Å². The summed E-state index contributed by atoms with van der Waals surface area (Å²) < 4.78 is 8.05. The number of hydrogen-bond donors (Lipinski definition) is 1. The van der Waals surface area contributed by atoms with Crippen molar-refractivity contribution in [3.63, 3.8) is 0 Å². The third-order valence-electron chi connectivity index (χ3n) is 7.45. The van der Waals surface area contributed by atoms with Crippen LogP contribution in [0.3, 0.4) is 0 Å². The molecule has 0 spiro atoms. The Balaban J connectivity index is 0.00000256. The summed E-state index contributed by atoms with van der Waals surface area (Å²) in [5.41, 5.74) is 3.60. The van der Waals surface area contributed by atoms with E-state index in [4.69, 9.17) is 4.74 Å². The van der Waals surface area contributed by atoms with Crippen molar-refractivity contribution in [2.24, 2.45) is 0 Å². The van der Waals surface area contributed by atoms with Crippen molar-refractivity contribution in [3.8, 4) is 0 Å². The smallest absolute Gasteiger partial charge is 0.326 e. The largest absolute Gasteiger partial charge is 0.378 e. The Kier molecular flexibility index (Phi) is 7.70. The fourth-order valence-electron chi connectivity index (χ4n) is 5.67. The van der Waals surface area contributed by atoms with E-state index in [1.165, 1.54) is 37.7 Å². The van der Waals surface area contributed by atoms with E-state index in [1.807, 2.05) is 10.6 Å². The fraction of sp³-hybridized carbons (Fsp3) is 0.708. The second-order valence-electron chi connectivity index (χ2n) is 9.19. The molecule has 1 aliphatic heterocycles. The Labute approximate surface area is 186 Å². The van der Waals surface area contributed by atoms with Crippen molar-refractivity contribution in [2.45, 2.75) is 89.8 Å². The topological polar surface area (TPSA) is 50.3 Å². The summed E-state index contributed by atoms with van der Waals surface area (Å²) in [4.78, 5) is 18.4. The predicted octanol–water partition coefficient (Wildman–Crippen LogP) is 5.21. The summed E-state index contributed by atoms with van der Waals surface area (Å²) in [7, 11) is 0. The van der Waals surface area contributed by atoms with Gasteiger partial charge in [-0.3, -0.25) is 9.47 Å². The molecule has 2 aromatic rings. The average molecular weight is 436 g/mol. The van der Waals surface area contributed by atoms with Crippen molar-refractivity contribution in [1.82, 2.24) is 14.5 Å². The lowest BCUT2D eigenvalue weighted by atomic mass is 9.76. The summed E-state index contributed by atoms with van der Waals surface area (Å²) >= 11 is 0. The number of fused-ring (bicyclic) bond motifs is 1. The zero-order valence-electron chi connectivity index (χ0n) is 18.8. The summed E-state index contributed by atoms with van der Waals surface area (Å²) in [6.45, 7) is 9.70. The molecule has 2 fully saturated rings. The number of likely N-dealkylation sites (tertiary alicyclic amines) is 1. The highest BCUT2D eigenvalue weighted by Crippen LogP contribution is 2.40. The van der Waals surface area contributed by atoms with Gasteiger partial charge in [0.2, 0.25) is 0 Å². The molecule has 0 radical (unpaired) electrons. The number of aromatic nitrogens is 2. The minimum absolute atomic E-state index is 0. The molecule has 1 aromatic carbocycles. The van der Waals surface area contributed by atoms with E-state index in [0.717, 1.165) is 50.0 Å². The monoisotopic (exact) mass is 435 g/mol. The van der Waals surface area contributed by atoms with Crippen molar-refractivity contribution < 1.29 is 4.74 Å². The lowest BCUT2D eigenvalue weighted by molar-refractivity contribution is -0.0396. The highest BCUT2D eigenvalue weighted by molar-refractivity contribution is 5.85.